The summed E-state index contributed by atoms with van der Waals surface area (Å²) >= 11 is 0. The maximum atomic E-state index is 12.7. The van der Waals surface area contributed by atoms with Crippen LogP contribution in [0.3, 0.4) is 0 Å². The third-order valence-corrected chi connectivity index (χ3v) is 5.74. The van der Waals surface area contributed by atoms with Crippen LogP contribution in [0, 0.1) is 5.92 Å². The standard InChI is InChI=1S/C26H32N4O4/c1-3-5-15-30-17-19(16-23(30)31)25(33)28-20-12-10-18(11-13-20)24(32)29-22-9-7-6-8-21(22)26(34)27-14-4-2/h6-13,19H,3-5,14-17H2,1-2H3,(H,27,34)(H,28,33)(H,29,32)/t19-/m0/s1. The summed E-state index contributed by atoms with van der Waals surface area (Å²) in [6.45, 7) is 5.72. The number of likely N-dealkylation sites (tertiary alicyclic amines) is 1. The van der Waals surface area contributed by atoms with E-state index in [4.69, 9.17) is 0 Å². The highest BCUT2D eigenvalue weighted by Gasteiger charge is 2.33. The van der Waals surface area contributed by atoms with E-state index in [0.29, 0.717) is 42.1 Å². The Labute approximate surface area is 200 Å². The van der Waals surface area contributed by atoms with E-state index in [-0.39, 0.29) is 36.0 Å². The number of hydrogen-bond donors (Lipinski definition) is 3. The lowest BCUT2D eigenvalue weighted by Gasteiger charge is -2.16. The molecular formula is C26H32N4O4. The molecule has 0 radical (unpaired) electrons. The molecule has 3 rings (SSSR count). The number of hydrogen-bond acceptors (Lipinski definition) is 4. The van der Waals surface area contributed by atoms with Crippen LogP contribution in [0.25, 0.3) is 0 Å². The van der Waals surface area contributed by atoms with Crippen molar-refractivity contribution in [2.24, 2.45) is 5.92 Å². The van der Waals surface area contributed by atoms with Gasteiger partial charge in [-0.2, -0.15) is 0 Å². The van der Waals surface area contributed by atoms with E-state index in [1.54, 1.807) is 53.4 Å². The normalized spacial score (nSPS) is 15.2. The van der Waals surface area contributed by atoms with Gasteiger partial charge in [0.05, 0.1) is 17.2 Å². The molecule has 4 amide bonds. The van der Waals surface area contributed by atoms with Crippen LogP contribution in [-0.2, 0) is 9.59 Å². The Kier molecular flexibility index (Phi) is 8.79. The molecule has 0 bridgehead atoms. The number of carbonyl (C=O) groups is 4. The molecule has 2 aromatic rings. The van der Waals surface area contributed by atoms with Crippen molar-refractivity contribution in [3.63, 3.8) is 0 Å². The third kappa shape index (κ3) is 6.43. The molecule has 3 N–H and O–H groups in total. The van der Waals surface area contributed by atoms with Gasteiger partial charge in [0.1, 0.15) is 0 Å². The summed E-state index contributed by atoms with van der Waals surface area (Å²) in [5.41, 5.74) is 1.77. The van der Waals surface area contributed by atoms with Crippen LogP contribution in [0.4, 0.5) is 11.4 Å². The molecule has 0 unspecified atom stereocenters. The van der Waals surface area contributed by atoms with Gasteiger partial charge in [-0.15, -0.1) is 0 Å². The SMILES string of the molecule is CCCCN1C[C@@H](C(=O)Nc2ccc(C(=O)Nc3ccccc3C(=O)NCCC)cc2)CC1=O. The summed E-state index contributed by atoms with van der Waals surface area (Å²) in [5, 5.41) is 8.44. The molecule has 0 spiro atoms. The molecule has 1 fully saturated rings. The number of benzene rings is 2. The van der Waals surface area contributed by atoms with E-state index in [1.165, 1.54) is 0 Å². The summed E-state index contributed by atoms with van der Waals surface area (Å²) in [5.74, 6) is -1.15. The number of rotatable bonds is 10. The van der Waals surface area contributed by atoms with Gasteiger partial charge in [0.2, 0.25) is 11.8 Å². The zero-order chi connectivity index (χ0) is 24.5. The number of nitrogens with zero attached hydrogens (tertiary/aromatic N) is 1. The highest BCUT2D eigenvalue weighted by Crippen LogP contribution is 2.21. The van der Waals surface area contributed by atoms with Crippen molar-refractivity contribution in [1.29, 1.82) is 0 Å². The molecule has 1 saturated heterocycles. The third-order valence-electron chi connectivity index (χ3n) is 5.74. The van der Waals surface area contributed by atoms with Gasteiger partial charge in [0.15, 0.2) is 0 Å². The van der Waals surface area contributed by atoms with Crippen molar-refractivity contribution in [2.45, 2.75) is 39.5 Å². The smallest absolute Gasteiger partial charge is 0.255 e. The number of nitrogens with one attached hydrogen (secondary N) is 3. The fourth-order valence-electron chi connectivity index (χ4n) is 3.78. The minimum Gasteiger partial charge on any atom is -0.352 e. The molecule has 0 aliphatic carbocycles. The number of unbranched alkanes of at least 4 members (excludes halogenated alkanes) is 1. The quantitative estimate of drug-likeness (QED) is 0.499. The van der Waals surface area contributed by atoms with Crippen molar-refractivity contribution >= 4 is 35.0 Å². The molecule has 1 atom stereocenters. The Balaban J connectivity index is 1.59. The zero-order valence-electron chi connectivity index (χ0n) is 19.7. The molecule has 180 valence electrons. The van der Waals surface area contributed by atoms with Crippen molar-refractivity contribution in [1.82, 2.24) is 10.2 Å². The van der Waals surface area contributed by atoms with Gasteiger partial charge < -0.3 is 20.9 Å². The van der Waals surface area contributed by atoms with Crippen LogP contribution in [0.2, 0.25) is 0 Å². The molecule has 34 heavy (non-hydrogen) atoms. The summed E-state index contributed by atoms with van der Waals surface area (Å²) in [4.78, 5) is 51.6. The van der Waals surface area contributed by atoms with Crippen molar-refractivity contribution in [3.8, 4) is 0 Å². The van der Waals surface area contributed by atoms with Gasteiger partial charge in [-0.05, 0) is 49.2 Å². The lowest BCUT2D eigenvalue weighted by atomic mass is 10.1. The van der Waals surface area contributed by atoms with E-state index in [9.17, 15) is 19.2 Å². The molecule has 0 saturated carbocycles. The molecule has 1 heterocycles. The van der Waals surface area contributed by atoms with Gasteiger partial charge >= 0.3 is 0 Å². The fraction of sp³-hybridized carbons (Fsp3) is 0.385. The highest BCUT2D eigenvalue weighted by atomic mass is 16.2. The topological polar surface area (TPSA) is 108 Å². The molecule has 8 heteroatoms. The van der Waals surface area contributed by atoms with Gasteiger partial charge in [0, 0.05) is 37.3 Å². The van der Waals surface area contributed by atoms with Crippen LogP contribution in [0.1, 0.15) is 60.2 Å². The number of amides is 4. The highest BCUT2D eigenvalue weighted by molar-refractivity contribution is 6.09. The average molecular weight is 465 g/mol. The van der Waals surface area contributed by atoms with Crippen LogP contribution < -0.4 is 16.0 Å². The van der Waals surface area contributed by atoms with Gasteiger partial charge in [-0.25, -0.2) is 0 Å². The van der Waals surface area contributed by atoms with Gasteiger partial charge in [-0.1, -0.05) is 32.4 Å². The Bertz CT molecular complexity index is 1040. The molecule has 0 aromatic heterocycles. The predicted molar refractivity (Wildman–Crippen MR) is 132 cm³/mol. The summed E-state index contributed by atoms with van der Waals surface area (Å²) in [6.07, 6.45) is 2.97. The summed E-state index contributed by atoms with van der Waals surface area (Å²) in [6, 6.07) is 13.4. The monoisotopic (exact) mass is 464 g/mol. The predicted octanol–water partition coefficient (Wildman–Crippen LogP) is 3.67. The van der Waals surface area contributed by atoms with E-state index >= 15 is 0 Å². The van der Waals surface area contributed by atoms with E-state index in [0.717, 1.165) is 19.3 Å². The zero-order valence-corrected chi connectivity index (χ0v) is 19.7. The van der Waals surface area contributed by atoms with Gasteiger partial charge in [-0.3, -0.25) is 19.2 Å². The van der Waals surface area contributed by atoms with Crippen LogP contribution in [0.5, 0.6) is 0 Å². The number of para-hydroxylation sites is 1. The Morgan fingerprint density at radius 2 is 1.68 bits per heavy atom. The summed E-state index contributed by atoms with van der Waals surface area (Å²) < 4.78 is 0. The first-order chi connectivity index (χ1) is 16.4. The molecule has 1 aliphatic heterocycles. The second-order valence-electron chi connectivity index (χ2n) is 8.42. The van der Waals surface area contributed by atoms with Crippen molar-refractivity contribution in [2.75, 3.05) is 30.3 Å². The van der Waals surface area contributed by atoms with Gasteiger partial charge in [0.25, 0.3) is 11.8 Å². The first-order valence-corrected chi connectivity index (χ1v) is 11.8. The van der Waals surface area contributed by atoms with Crippen LogP contribution in [-0.4, -0.2) is 48.2 Å². The van der Waals surface area contributed by atoms with Crippen molar-refractivity contribution in [3.05, 3.63) is 59.7 Å². The molecule has 2 aromatic carbocycles. The number of anilines is 2. The Morgan fingerprint density at radius 1 is 0.941 bits per heavy atom. The number of carbonyl (C=O) groups excluding carboxylic acids is 4. The maximum Gasteiger partial charge on any atom is 0.255 e. The summed E-state index contributed by atoms with van der Waals surface area (Å²) in [7, 11) is 0. The lowest BCUT2D eigenvalue weighted by molar-refractivity contribution is -0.128. The minimum absolute atomic E-state index is 0.0178. The second kappa shape index (κ2) is 12.0. The first-order valence-electron chi connectivity index (χ1n) is 11.8. The average Bonchev–Trinajstić information content (AvgIpc) is 3.22. The lowest BCUT2D eigenvalue weighted by Crippen LogP contribution is -2.29. The van der Waals surface area contributed by atoms with E-state index in [2.05, 4.69) is 22.9 Å². The molecule has 1 aliphatic rings. The van der Waals surface area contributed by atoms with E-state index in [1.807, 2.05) is 6.92 Å². The molecule has 8 nitrogen and oxygen atoms in total. The van der Waals surface area contributed by atoms with Crippen LogP contribution >= 0.6 is 0 Å². The Morgan fingerprint density at radius 3 is 2.38 bits per heavy atom. The minimum atomic E-state index is -0.373. The van der Waals surface area contributed by atoms with Crippen molar-refractivity contribution < 1.29 is 19.2 Å². The van der Waals surface area contributed by atoms with Crippen LogP contribution in [0.15, 0.2) is 48.5 Å². The molecular weight excluding hydrogens is 432 g/mol. The first kappa shape index (κ1) is 25.0. The second-order valence-corrected chi connectivity index (χ2v) is 8.42. The Hall–Kier alpha value is -3.68. The fourth-order valence-corrected chi connectivity index (χ4v) is 3.78. The van der Waals surface area contributed by atoms with E-state index < -0.39 is 0 Å². The largest absolute Gasteiger partial charge is 0.352 e. The maximum absolute atomic E-state index is 12.7.